The molecule has 0 N–H and O–H groups in total. The Morgan fingerprint density at radius 3 is 2.57 bits per heavy atom. The third kappa shape index (κ3) is 4.27. The largest absolute Gasteiger partial charge is 0.0811 e. The summed E-state index contributed by atoms with van der Waals surface area (Å²) in [4.78, 5) is 0. The molecule has 0 saturated carbocycles. The van der Waals surface area contributed by atoms with Gasteiger partial charge in [0, 0.05) is 0 Å². The number of benzene rings is 1. The minimum atomic E-state index is 0.704. The highest BCUT2D eigenvalue weighted by Gasteiger charge is 1.94. The molecule has 0 aliphatic heterocycles. The lowest BCUT2D eigenvalue weighted by Crippen LogP contribution is -1.88. The molecule has 0 spiro atoms. The zero-order valence-electron chi connectivity index (χ0n) is 9.24. The van der Waals surface area contributed by atoms with Crippen molar-refractivity contribution in [3.63, 3.8) is 0 Å². The van der Waals surface area contributed by atoms with Crippen molar-refractivity contribution in [3.05, 3.63) is 42.0 Å². The molecule has 0 aromatic heterocycles. The molecule has 0 nitrogen and oxygen atoms in total. The quantitative estimate of drug-likeness (QED) is 0.637. The fourth-order valence-electron chi connectivity index (χ4n) is 1.46. The van der Waals surface area contributed by atoms with Gasteiger partial charge < -0.3 is 0 Å². The summed E-state index contributed by atoms with van der Waals surface area (Å²) < 4.78 is 0. The van der Waals surface area contributed by atoms with Crippen molar-refractivity contribution in [1.29, 1.82) is 0 Å². The Labute approximate surface area is 87.7 Å². The molecule has 1 atom stereocenters. The molecule has 1 unspecified atom stereocenters. The highest BCUT2D eigenvalue weighted by atomic mass is 14.0. The fourth-order valence-corrected chi connectivity index (χ4v) is 1.46. The zero-order valence-corrected chi connectivity index (χ0v) is 9.24. The normalized spacial score (nSPS) is 13.3. The van der Waals surface area contributed by atoms with Crippen molar-refractivity contribution in [2.45, 2.75) is 33.1 Å². The van der Waals surface area contributed by atoms with Gasteiger partial charge in [-0.1, -0.05) is 69.2 Å². The molecular weight excluding hydrogens is 168 g/mol. The molecule has 76 valence electrons. The number of hydrogen-bond donors (Lipinski definition) is 0. The molecule has 0 heterocycles. The van der Waals surface area contributed by atoms with E-state index in [2.05, 4.69) is 56.3 Å². The van der Waals surface area contributed by atoms with Gasteiger partial charge in [-0.2, -0.15) is 0 Å². The maximum absolute atomic E-state index is 2.31. The molecule has 0 aliphatic carbocycles. The summed E-state index contributed by atoms with van der Waals surface area (Å²) in [7, 11) is 0. The SMILES string of the molecule is CCCCC(C)/C=C/c1ccccc1. The van der Waals surface area contributed by atoms with Crippen LogP contribution in [0.3, 0.4) is 0 Å². The Morgan fingerprint density at radius 2 is 1.93 bits per heavy atom. The van der Waals surface area contributed by atoms with Crippen LogP contribution in [0.2, 0.25) is 0 Å². The van der Waals surface area contributed by atoms with Gasteiger partial charge in [-0.25, -0.2) is 0 Å². The standard InChI is InChI=1S/C14H20/c1-3-4-8-13(2)11-12-14-9-6-5-7-10-14/h5-7,9-13H,3-4,8H2,1-2H3/b12-11+. The van der Waals surface area contributed by atoms with Crippen LogP contribution in [0, 0.1) is 5.92 Å². The maximum Gasteiger partial charge on any atom is -0.0259 e. The van der Waals surface area contributed by atoms with Gasteiger partial charge in [-0.05, 0) is 17.9 Å². The van der Waals surface area contributed by atoms with Crippen molar-refractivity contribution in [1.82, 2.24) is 0 Å². The van der Waals surface area contributed by atoms with E-state index in [9.17, 15) is 0 Å². The summed E-state index contributed by atoms with van der Waals surface area (Å²) >= 11 is 0. The summed E-state index contributed by atoms with van der Waals surface area (Å²) in [6.07, 6.45) is 8.47. The Balaban J connectivity index is 2.39. The van der Waals surface area contributed by atoms with Crippen LogP contribution in [0.25, 0.3) is 6.08 Å². The molecule has 0 radical (unpaired) electrons. The molecule has 0 heteroatoms. The first-order valence-corrected chi connectivity index (χ1v) is 5.56. The molecule has 14 heavy (non-hydrogen) atoms. The highest BCUT2D eigenvalue weighted by molar-refractivity contribution is 5.48. The maximum atomic E-state index is 2.31. The number of allylic oxidation sites excluding steroid dienone is 1. The first-order chi connectivity index (χ1) is 6.83. The molecule has 1 aromatic carbocycles. The van der Waals surface area contributed by atoms with Crippen LogP contribution < -0.4 is 0 Å². The van der Waals surface area contributed by atoms with Crippen molar-refractivity contribution < 1.29 is 0 Å². The average molecular weight is 188 g/mol. The number of rotatable bonds is 5. The van der Waals surface area contributed by atoms with E-state index in [-0.39, 0.29) is 0 Å². The molecule has 1 rings (SSSR count). The highest BCUT2D eigenvalue weighted by Crippen LogP contribution is 2.11. The molecule has 0 bridgehead atoms. The van der Waals surface area contributed by atoms with E-state index in [0.29, 0.717) is 5.92 Å². The first-order valence-electron chi connectivity index (χ1n) is 5.56. The van der Waals surface area contributed by atoms with E-state index in [1.807, 2.05) is 0 Å². The molecule has 1 aromatic rings. The topological polar surface area (TPSA) is 0 Å². The van der Waals surface area contributed by atoms with E-state index >= 15 is 0 Å². The average Bonchev–Trinajstić information content (AvgIpc) is 2.25. The van der Waals surface area contributed by atoms with Crippen LogP contribution in [-0.2, 0) is 0 Å². The lowest BCUT2D eigenvalue weighted by Gasteiger charge is -2.03. The van der Waals surface area contributed by atoms with Gasteiger partial charge in [0.1, 0.15) is 0 Å². The molecule has 0 aliphatic rings. The van der Waals surface area contributed by atoms with Crippen LogP contribution in [-0.4, -0.2) is 0 Å². The summed E-state index contributed by atoms with van der Waals surface area (Å²) in [6.45, 7) is 4.53. The second-order valence-electron chi connectivity index (χ2n) is 3.89. The van der Waals surface area contributed by atoms with Crippen LogP contribution in [0.1, 0.15) is 38.7 Å². The lowest BCUT2D eigenvalue weighted by atomic mass is 10.0. The van der Waals surface area contributed by atoms with Gasteiger partial charge in [0.15, 0.2) is 0 Å². The van der Waals surface area contributed by atoms with Crippen LogP contribution in [0.4, 0.5) is 0 Å². The summed E-state index contributed by atoms with van der Waals surface area (Å²) in [5.41, 5.74) is 1.30. The minimum Gasteiger partial charge on any atom is -0.0811 e. The van der Waals surface area contributed by atoms with E-state index in [4.69, 9.17) is 0 Å². The number of unbranched alkanes of at least 4 members (excludes halogenated alkanes) is 1. The van der Waals surface area contributed by atoms with Crippen LogP contribution in [0.5, 0.6) is 0 Å². The lowest BCUT2D eigenvalue weighted by molar-refractivity contribution is 0.600. The molecular formula is C14H20. The summed E-state index contributed by atoms with van der Waals surface area (Å²) in [5, 5.41) is 0. The first kappa shape index (κ1) is 11.0. The smallest absolute Gasteiger partial charge is 0.0259 e. The van der Waals surface area contributed by atoms with Gasteiger partial charge in [0.2, 0.25) is 0 Å². The molecule has 0 saturated heterocycles. The third-order valence-electron chi connectivity index (χ3n) is 2.43. The van der Waals surface area contributed by atoms with Gasteiger partial charge in [-0.15, -0.1) is 0 Å². The van der Waals surface area contributed by atoms with Crippen LogP contribution >= 0.6 is 0 Å². The predicted molar refractivity (Wildman–Crippen MR) is 64.2 cm³/mol. The van der Waals surface area contributed by atoms with Crippen molar-refractivity contribution in [2.24, 2.45) is 5.92 Å². The second-order valence-corrected chi connectivity index (χ2v) is 3.89. The van der Waals surface area contributed by atoms with Gasteiger partial charge in [0.05, 0.1) is 0 Å². The van der Waals surface area contributed by atoms with Gasteiger partial charge in [0.25, 0.3) is 0 Å². The van der Waals surface area contributed by atoms with Crippen molar-refractivity contribution in [2.75, 3.05) is 0 Å². The van der Waals surface area contributed by atoms with Gasteiger partial charge in [-0.3, -0.25) is 0 Å². The number of hydrogen-bond acceptors (Lipinski definition) is 0. The molecule has 0 fully saturated rings. The Morgan fingerprint density at radius 1 is 1.21 bits per heavy atom. The summed E-state index contributed by atoms with van der Waals surface area (Å²) in [5.74, 6) is 0.704. The van der Waals surface area contributed by atoms with E-state index in [0.717, 1.165) is 0 Å². The van der Waals surface area contributed by atoms with Crippen molar-refractivity contribution >= 4 is 6.08 Å². The minimum absolute atomic E-state index is 0.704. The zero-order chi connectivity index (χ0) is 10.2. The van der Waals surface area contributed by atoms with E-state index < -0.39 is 0 Å². The predicted octanol–water partition coefficient (Wildman–Crippen LogP) is 4.53. The second kappa shape index (κ2) is 6.42. The Bertz CT molecular complexity index is 259. The Kier molecular flexibility index (Phi) is 5.06. The Hall–Kier alpha value is -1.04. The fraction of sp³-hybridized carbons (Fsp3) is 0.429. The monoisotopic (exact) mass is 188 g/mol. The van der Waals surface area contributed by atoms with E-state index in [1.165, 1.54) is 24.8 Å². The summed E-state index contributed by atoms with van der Waals surface area (Å²) in [6, 6.07) is 10.5. The van der Waals surface area contributed by atoms with E-state index in [1.54, 1.807) is 0 Å². The van der Waals surface area contributed by atoms with Crippen LogP contribution in [0.15, 0.2) is 36.4 Å². The van der Waals surface area contributed by atoms with Crippen molar-refractivity contribution in [3.8, 4) is 0 Å². The third-order valence-corrected chi connectivity index (χ3v) is 2.43. The molecule has 0 amide bonds. The van der Waals surface area contributed by atoms with Gasteiger partial charge >= 0.3 is 0 Å².